The van der Waals surface area contributed by atoms with E-state index < -0.39 is 0 Å². The van der Waals surface area contributed by atoms with Crippen molar-refractivity contribution in [1.82, 2.24) is 0 Å². The van der Waals surface area contributed by atoms with E-state index in [1.807, 2.05) is 0 Å². The van der Waals surface area contributed by atoms with Gasteiger partial charge in [-0.1, -0.05) is 44.5 Å². The first-order valence-corrected chi connectivity index (χ1v) is 5.60. The number of rotatable bonds is 5. The zero-order valence-electron chi connectivity index (χ0n) is 9.29. The van der Waals surface area contributed by atoms with Gasteiger partial charge in [0.15, 0.2) is 0 Å². The van der Waals surface area contributed by atoms with E-state index in [2.05, 4.69) is 38.1 Å². The highest BCUT2D eigenvalue weighted by atomic mass is 14.5. The van der Waals surface area contributed by atoms with E-state index in [0.717, 1.165) is 13.0 Å². The van der Waals surface area contributed by atoms with Crippen molar-refractivity contribution in [2.75, 3.05) is 6.54 Å². The van der Waals surface area contributed by atoms with Crippen LogP contribution in [0.15, 0.2) is 24.3 Å². The average molecular weight is 191 g/mol. The minimum Gasteiger partial charge on any atom is -0.330 e. The van der Waals surface area contributed by atoms with Crippen molar-refractivity contribution >= 4 is 0 Å². The van der Waals surface area contributed by atoms with E-state index in [1.165, 1.54) is 24.0 Å². The summed E-state index contributed by atoms with van der Waals surface area (Å²) in [5.74, 6) is 0.547. The Hall–Kier alpha value is -0.820. The molecule has 1 nitrogen and oxygen atoms in total. The smallest absolute Gasteiger partial charge is 0.000824 e. The van der Waals surface area contributed by atoms with E-state index in [9.17, 15) is 0 Å². The lowest BCUT2D eigenvalue weighted by Gasteiger charge is -2.14. The predicted molar refractivity (Wildman–Crippen MR) is 62.5 cm³/mol. The molecule has 0 saturated heterocycles. The Kier molecular flexibility index (Phi) is 4.68. The maximum Gasteiger partial charge on any atom is -0.000824 e. The summed E-state index contributed by atoms with van der Waals surface area (Å²) in [6, 6.07) is 8.89. The molecule has 0 amide bonds. The number of nitrogens with two attached hydrogens (primary N) is 1. The van der Waals surface area contributed by atoms with Crippen molar-refractivity contribution in [3.63, 3.8) is 0 Å². The van der Waals surface area contributed by atoms with Gasteiger partial charge in [-0.25, -0.2) is 0 Å². The number of hydrogen-bond acceptors (Lipinski definition) is 1. The molecule has 2 N–H and O–H groups in total. The Morgan fingerprint density at radius 1 is 1.14 bits per heavy atom. The van der Waals surface area contributed by atoms with Crippen molar-refractivity contribution in [3.05, 3.63) is 35.4 Å². The summed E-state index contributed by atoms with van der Waals surface area (Å²) in [5, 5.41) is 0. The van der Waals surface area contributed by atoms with Gasteiger partial charge < -0.3 is 5.73 Å². The van der Waals surface area contributed by atoms with Crippen LogP contribution in [0, 0.1) is 0 Å². The summed E-state index contributed by atoms with van der Waals surface area (Å²) in [6.07, 6.45) is 3.51. The molecule has 0 spiro atoms. The molecule has 78 valence electrons. The zero-order chi connectivity index (χ0) is 10.4. The zero-order valence-corrected chi connectivity index (χ0v) is 9.29. The van der Waals surface area contributed by atoms with Gasteiger partial charge in [-0.05, 0) is 36.4 Å². The minimum absolute atomic E-state index is 0.547. The molecule has 0 aliphatic carbocycles. The van der Waals surface area contributed by atoms with Crippen LogP contribution in [0.3, 0.4) is 0 Å². The fraction of sp³-hybridized carbons (Fsp3) is 0.538. The molecule has 1 rings (SSSR count). The maximum atomic E-state index is 5.76. The van der Waals surface area contributed by atoms with Gasteiger partial charge in [0.05, 0.1) is 0 Å². The standard InChI is InChI=1S/C13H21N/c1-3-5-13(10-14)12-8-6-11(4-2)7-9-12/h6-9,13H,3-5,10,14H2,1-2H3. The summed E-state index contributed by atoms with van der Waals surface area (Å²) in [5.41, 5.74) is 8.56. The highest BCUT2D eigenvalue weighted by Crippen LogP contribution is 2.20. The third kappa shape index (κ3) is 2.85. The normalized spacial score (nSPS) is 12.8. The van der Waals surface area contributed by atoms with Gasteiger partial charge in [0.25, 0.3) is 0 Å². The van der Waals surface area contributed by atoms with Crippen molar-refractivity contribution in [2.45, 2.75) is 39.0 Å². The fourth-order valence-corrected chi connectivity index (χ4v) is 1.79. The monoisotopic (exact) mass is 191 g/mol. The number of hydrogen-bond donors (Lipinski definition) is 1. The second-order valence-corrected chi connectivity index (χ2v) is 3.82. The van der Waals surface area contributed by atoms with E-state index in [1.54, 1.807) is 0 Å². The van der Waals surface area contributed by atoms with Crippen LogP contribution in [0.25, 0.3) is 0 Å². The van der Waals surface area contributed by atoms with E-state index in [-0.39, 0.29) is 0 Å². The Labute approximate surface area is 87.3 Å². The van der Waals surface area contributed by atoms with E-state index >= 15 is 0 Å². The molecule has 0 aliphatic heterocycles. The van der Waals surface area contributed by atoms with Gasteiger partial charge in [0.1, 0.15) is 0 Å². The van der Waals surface area contributed by atoms with E-state index in [4.69, 9.17) is 5.73 Å². The number of aryl methyl sites for hydroxylation is 1. The van der Waals surface area contributed by atoms with Crippen LogP contribution < -0.4 is 5.73 Å². The van der Waals surface area contributed by atoms with Crippen LogP contribution in [0.1, 0.15) is 43.7 Å². The van der Waals surface area contributed by atoms with Gasteiger partial charge in [-0.15, -0.1) is 0 Å². The molecular formula is C13H21N. The van der Waals surface area contributed by atoms with E-state index in [0.29, 0.717) is 5.92 Å². The Balaban J connectivity index is 2.73. The lowest BCUT2D eigenvalue weighted by Crippen LogP contribution is -2.12. The molecule has 1 unspecified atom stereocenters. The van der Waals surface area contributed by atoms with Gasteiger partial charge in [0, 0.05) is 0 Å². The first kappa shape index (κ1) is 11.3. The lowest BCUT2D eigenvalue weighted by molar-refractivity contribution is 0.622. The molecular weight excluding hydrogens is 170 g/mol. The minimum atomic E-state index is 0.547. The van der Waals surface area contributed by atoms with Gasteiger partial charge in [-0.2, -0.15) is 0 Å². The molecule has 0 heterocycles. The SMILES string of the molecule is CCCC(CN)c1ccc(CC)cc1. The summed E-state index contributed by atoms with van der Waals surface area (Å²) in [6.45, 7) is 5.16. The third-order valence-electron chi connectivity index (χ3n) is 2.78. The van der Waals surface area contributed by atoms with Crippen molar-refractivity contribution < 1.29 is 0 Å². The molecule has 0 radical (unpaired) electrons. The molecule has 0 fully saturated rings. The van der Waals surface area contributed by atoms with Crippen LogP contribution in [0.2, 0.25) is 0 Å². The van der Waals surface area contributed by atoms with Crippen LogP contribution in [0.5, 0.6) is 0 Å². The van der Waals surface area contributed by atoms with Gasteiger partial charge in [0.2, 0.25) is 0 Å². The quantitative estimate of drug-likeness (QED) is 0.760. The summed E-state index contributed by atoms with van der Waals surface area (Å²) < 4.78 is 0. The highest BCUT2D eigenvalue weighted by molar-refractivity contribution is 5.25. The molecule has 0 saturated carbocycles. The summed E-state index contributed by atoms with van der Waals surface area (Å²) in [7, 11) is 0. The second-order valence-electron chi connectivity index (χ2n) is 3.82. The largest absolute Gasteiger partial charge is 0.330 e. The molecule has 0 bridgehead atoms. The topological polar surface area (TPSA) is 26.0 Å². The van der Waals surface area contributed by atoms with Gasteiger partial charge >= 0.3 is 0 Å². The van der Waals surface area contributed by atoms with Crippen LogP contribution in [-0.2, 0) is 6.42 Å². The fourth-order valence-electron chi connectivity index (χ4n) is 1.79. The molecule has 0 aromatic heterocycles. The summed E-state index contributed by atoms with van der Waals surface area (Å²) >= 11 is 0. The second kappa shape index (κ2) is 5.82. The van der Waals surface area contributed by atoms with Crippen LogP contribution in [0.4, 0.5) is 0 Å². The first-order chi connectivity index (χ1) is 6.81. The Morgan fingerprint density at radius 2 is 1.79 bits per heavy atom. The third-order valence-corrected chi connectivity index (χ3v) is 2.78. The van der Waals surface area contributed by atoms with Crippen molar-refractivity contribution in [3.8, 4) is 0 Å². The number of benzene rings is 1. The molecule has 1 aromatic carbocycles. The average Bonchev–Trinajstić information content (AvgIpc) is 2.26. The van der Waals surface area contributed by atoms with Crippen molar-refractivity contribution in [2.24, 2.45) is 5.73 Å². The molecule has 14 heavy (non-hydrogen) atoms. The highest BCUT2D eigenvalue weighted by Gasteiger charge is 2.07. The molecule has 0 aliphatic rings. The maximum absolute atomic E-state index is 5.76. The first-order valence-electron chi connectivity index (χ1n) is 5.60. The molecule has 1 atom stereocenters. The summed E-state index contributed by atoms with van der Waals surface area (Å²) in [4.78, 5) is 0. The Bertz CT molecular complexity index is 250. The molecule has 1 heteroatoms. The molecule has 1 aromatic rings. The predicted octanol–water partition coefficient (Wildman–Crippen LogP) is 3.09. The van der Waals surface area contributed by atoms with Crippen molar-refractivity contribution in [1.29, 1.82) is 0 Å². The van der Waals surface area contributed by atoms with Crippen LogP contribution in [-0.4, -0.2) is 6.54 Å². The lowest BCUT2D eigenvalue weighted by atomic mass is 9.94. The van der Waals surface area contributed by atoms with Crippen LogP contribution >= 0.6 is 0 Å². The van der Waals surface area contributed by atoms with Gasteiger partial charge in [-0.3, -0.25) is 0 Å². The Morgan fingerprint density at radius 3 is 2.21 bits per heavy atom.